The highest BCUT2D eigenvalue weighted by Gasteiger charge is 2.24. The van der Waals surface area contributed by atoms with E-state index in [-0.39, 0.29) is 22.2 Å². The molecule has 2 aliphatic rings. The summed E-state index contributed by atoms with van der Waals surface area (Å²) >= 11 is 0. The van der Waals surface area contributed by atoms with Crippen LogP contribution in [0.4, 0.5) is 5.69 Å². The van der Waals surface area contributed by atoms with Crippen LogP contribution in [0, 0.1) is 0 Å². The summed E-state index contributed by atoms with van der Waals surface area (Å²) in [6.45, 7) is 2.56. The Morgan fingerprint density at radius 3 is 2.71 bits per heavy atom. The maximum Gasteiger partial charge on any atom is 0.265 e. The highest BCUT2D eigenvalue weighted by Crippen LogP contribution is 2.32. The van der Waals surface area contributed by atoms with Crippen LogP contribution in [0.25, 0.3) is 11.1 Å². The van der Waals surface area contributed by atoms with Gasteiger partial charge in [-0.1, -0.05) is 6.07 Å². The van der Waals surface area contributed by atoms with Crippen LogP contribution in [0.1, 0.15) is 34.9 Å². The quantitative estimate of drug-likeness (QED) is 0.538. The predicted molar refractivity (Wildman–Crippen MR) is 131 cm³/mol. The second-order valence-electron chi connectivity index (χ2n) is 8.94. The van der Waals surface area contributed by atoms with E-state index in [4.69, 9.17) is 4.74 Å². The zero-order chi connectivity index (χ0) is 24.6. The van der Waals surface area contributed by atoms with Crippen molar-refractivity contribution in [1.82, 2.24) is 25.0 Å². The van der Waals surface area contributed by atoms with Crippen LogP contribution in [-0.2, 0) is 16.4 Å². The van der Waals surface area contributed by atoms with Gasteiger partial charge in [-0.2, -0.15) is 5.10 Å². The van der Waals surface area contributed by atoms with Gasteiger partial charge in [-0.05, 0) is 56.7 Å². The van der Waals surface area contributed by atoms with E-state index in [1.807, 2.05) is 16.9 Å². The molecule has 1 aromatic carbocycles. The molecule has 1 fully saturated rings. The molecule has 0 atom stereocenters. The average Bonchev–Trinajstić information content (AvgIpc) is 3.35. The Bertz CT molecular complexity index is 1360. The lowest BCUT2D eigenvalue weighted by atomic mass is 10.1. The summed E-state index contributed by atoms with van der Waals surface area (Å²) in [7, 11) is -0.484. The standard InChI is InChI=1S/C24H28N6O4S/c1-29-9-6-19(7-10-29)30-15-17(13-27-30)16-3-4-22(34-2)23(11-16)35(32,33)28-18-12-20-21(26-14-18)5-8-25-24(20)31/h3-4,11-15,19,28H,5-10H2,1-2H3,(H,25,31). The molecule has 35 heavy (non-hydrogen) atoms. The maximum absolute atomic E-state index is 13.4. The normalized spacial score (nSPS) is 17.0. The van der Waals surface area contributed by atoms with Crippen molar-refractivity contribution in [2.45, 2.75) is 30.2 Å². The molecule has 0 bridgehead atoms. The first-order chi connectivity index (χ1) is 16.8. The summed E-state index contributed by atoms with van der Waals surface area (Å²) in [6.07, 6.45) is 7.81. The molecule has 11 heteroatoms. The van der Waals surface area contributed by atoms with Crippen molar-refractivity contribution in [3.8, 4) is 16.9 Å². The number of carbonyl (C=O) groups excluding carboxylic acids is 1. The number of likely N-dealkylation sites (tertiary alicyclic amines) is 1. The number of methoxy groups -OCH3 is 1. The summed E-state index contributed by atoms with van der Waals surface area (Å²) in [4.78, 5) is 18.7. The van der Waals surface area contributed by atoms with Crippen molar-refractivity contribution < 1.29 is 17.9 Å². The minimum atomic E-state index is -4.03. The van der Waals surface area contributed by atoms with E-state index < -0.39 is 10.0 Å². The molecular formula is C24H28N6O4S. The monoisotopic (exact) mass is 496 g/mol. The number of rotatable bonds is 6. The number of nitrogens with zero attached hydrogens (tertiary/aromatic N) is 4. The number of sulfonamides is 1. The molecular weight excluding hydrogens is 468 g/mol. The van der Waals surface area contributed by atoms with Gasteiger partial charge in [0.15, 0.2) is 0 Å². The largest absolute Gasteiger partial charge is 0.495 e. The highest BCUT2D eigenvalue weighted by molar-refractivity contribution is 7.92. The van der Waals surface area contributed by atoms with Crippen LogP contribution in [-0.4, -0.2) is 67.8 Å². The van der Waals surface area contributed by atoms with Crippen LogP contribution in [0.3, 0.4) is 0 Å². The number of fused-ring (bicyclic) bond motifs is 1. The third-order valence-electron chi connectivity index (χ3n) is 6.56. The maximum atomic E-state index is 13.4. The van der Waals surface area contributed by atoms with Gasteiger partial charge in [-0.15, -0.1) is 0 Å². The number of piperidine rings is 1. The number of anilines is 1. The van der Waals surface area contributed by atoms with Gasteiger partial charge in [0.1, 0.15) is 10.6 Å². The molecule has 5 rings (SSSR count). The first-order valence-electron chi connectivity index (χ1n) is 11.5. The summed E-state index contributed by atoms with van der Waals surface area (Å²) in [5.41, 5.74) is 2.78. The van der Waals surface area contributed by atoms with Crippen molar-refractivity contribution in [1.29, 1.82) is 0 Å². The zero-order valence-electron chi connectivity index (χ0n) is 19.7. The molecule has 1 amide bonds. The van der Waals surface area contributed by atoms with E-state index in [2.05, 4.69) is 32.1 Å². The third kappa shape index (κ3) is 4.73. The fourth-order valence-corrected chi connectivity index (χ4v) is 5.79. The van der Waals surface area contributed by atoms with Gasteiger partial charge in [0.2, 0.25) is 0 Å². The number of hydrogen-bond donors (Lipinski definition) is 2. The second kappa shape index (κ2) is 9.31. The molecule has 0 saturated carbocycles. The Hall–Kier alpha value is -3.44. The lowest BCUT2D eigenvalue weighted by Crippen LogP contribution is -2.32. The highest BCUT2D eigenvalue weighted by atomic mass is 32.2. The van der Waals surface area contributed by atoms with Gasteiger partial charge in [0, 0.05) is 24.7 Å². The average molecular weight is 497 g/mol. The van der Waals surface area contributed by atoms with Gasteiger partial charge in [0.25, 0.3) is 15.9 Å². The Balaban J connectivity index is 1.43. The van der Waals surface area contributed by atoms with Gasteiger partial charge in [-0.3, -0.25) is 19.2 Å². The number of benzene rings is 1. The number of carbonyl (C=O) groups is 1. The van der Waals surface area contributed by atoms with Crippen LogP contribution >= 0.6 is 0 Å². The fraction of sp³-hybridized carbons (Fsp3) is 0.375. The lowest BCUT2D eigenvalue weighted by Gasteiger charge is -2.28. The van der Waals surface area contributed by atoms with Gasteiger partial charge in [0.05, 0.1) is 42.5 Å². The second-order valence-corrected chi connectivity index (χ2v) is 10.6. The molecule has 3 aromatic rings. The molecule has 4 heterocycles. The van der Waals surface area contributed by atoms with Crippen LogP contribution < -0.4 is 14.8 Å². The van der Waals surface area contributed by atoms with Crippen molar-refractivity contribution in [3.05, 3.63) is 54.1 Å². The molecule has 184 valence electrons. The summed E-state index contributed by atoms with van der Waals surface area (Å²) in [5.74, 6) is -0.0476. The third-order valence-corrected chi connectivity index (χ3v) is 7.97. The van der Waals surface area contributed by atoms with E-state index in [1.54, 1.807) is 18.3 Å². The molecule has 2 aliphatic heterocycles. The molecule has 2 aromatic heterocycles. The van der Waals surface area contributed by atoms with Gasteiger partial charge >= 0.3 is 0 Å². The SMILES string of the molecule is COc1ccc(-c2cnn(C3CCN(C)CC3)c2)cc1S(=O)(=O)Nc1cnc2c(c1)C(=O)NCC2. The molecule has 10 nitrogen and oxygen atoms in total. The molecule has 0 aliphatic carbocycles. The van der Waals surface area contributed by atoms with Crippen LogP contribution in [0.2, 0.25) is 0 Å². The van der Waals surface area contributed by atoms with E-state index in [0.717, 1.165) is 31.5 Å². The minimum absolute atomic E-state index is 0.00767. The van der Waals surface area contributed by atoms with Crippen molar-refractivity contribution >= 4 is 21.6 Å². The van der Waals surface area contributed by atoms with Crippen LogP contribution in [0.15, 0.2) is 47.8 Å². The van der Waals surface area contributed by atoms with E-state index >= 15 is 0 Å². The number of hydrogen-bond acceptors (Lipinski definition) is 7. The first-order valence-corrected chi connectivity index (χ1v) is 13.0. The van der Waals surface area contributed by atoms with Crippen molar-refractivity contribution in [2.75, 3.05) is 38.5 Å². The molecule has 0 unspecified atom stereocenters. The Kier molecular flexibility index (Phi) is 6.20. The summed E-state index contributed by atoms with van der Waals surface area (Å²) < 4.78 is 36.6. The Labute approximate surface area is 204 Å². The number of amides is 1. The fourth-order valence-electron chi connectivity index (χ4n) is 4.56. The first kappa shape index (κ1) is 23.3. The number of pyridine rings is 1. The lowest BCUT2D eigenvalue weighted by molar-refractivity contribution is 0.0945. The summed E-state index contributed by atoms with van der Waals surface area (Å²) in [5, 5.41) is 7.29. The number of nitrogens with one attached hydrogen (secondary N) is 2. The zero-order valence-corrected chi connectivity index (χ0v) is 20.5. The molecule has 0 radical (unpaired) electrons. The smallest absolute Gasteiger partial charge is 0.265 e. The predicted octanol–water partition coefficient (Wildman–Crippen LogP) is 2.31. The number of aromatic nitrogens is 3. The molecule has 1 saturated heterocycles. The van der Waals surface area contributed by atoms with Crippen molar-refractivity contribution in [3.63, 3.8) is 0 Å². The van der Waals surface area contributed by atoms with Crippen molar-refractivity contribution in [2.24, 2.45) is 0 Å². The summed E-state index contributed by atoms with van der Waals surface area (Å²) in [6, 6.07) is 6.87. The van der Waals surface area contributed by atoms with Gasteiger partial charge in [-0.25, -0.2) is 8.42 Å². The Morgan fingerprint density at radius 1 is 1.14 bits per heavy atom. The van der Waals surface area contributed by atoms with Gasteiger partial charge < -0.3 is 15.0 Å². The Morgan fingerprint density at radius 2 is 1.94 bits per heavy atom. The number of ether oxygens (including phenoxy) is 1. The van der Waals surface area contributed by atoms with E-state index in [9.17, 15) is 13.2 Å². The molecule has 0 spiro atoms. The van der Waals surface area contributed by atoms with Crippen LogP contribution in [0.5, 0.6) is 5.75 Å². The van der Waals surface area contributed by atoms with E-state index in [0.29, 0.717) is 35.8 Å². The van der Waals surface area contributed by atoms with E-state index in [1.165, 1.54) is 19.4 Å². The minimum Gasteiger partial charge on any atom is -0.495 e. The molecule has 2 N–H and O–H groups in total. The topological polar surface area (TPSA) is 118 Å².